The number of hydrogen-bond donors (Lipinski definition) is 1. The number of nitro groups is 1. The summed E-state index contributed by atoms with van der Waals surface area (Å²) in [6, 6.07) is 13.4. The quantitative estimate of drug-likeness (QED) is 0.651. The molecule has 0 saturated heterocycles. The Bertz CT molecular complexity index is 671. The molecule has 0 aliphatic carbocycles. The lowest BCUT2D eigenvalue weighted by Gasteiger charge is -2.16. The summed E-state index contributed by atoms with van der Waals surface area (Å²) in [6.45, 7) is 4.71. The molecule has 1 N–H and O–H groups in total. The molecule has 0 aliphatic rings. The van der Waals surface area contributed by atoms with E-state index in [1.165, 1.54) is 18.2 Å². The second-order valence-corrected chi connectivity index (χ2v) is 5.22. The van der Waals surface area contributed by atoms with Gasteiger partial charge in [-0.25, -0.2) is 0 Å². The number of hydrogen-bond acceptors (Lipinski definition) is 4. The van der Waals surface area contributed by atoms with E-state index in [1.807, 2.05) is 18.2 Å². The molecule has 0 aliphatic heterocycles. The molecule has 5 nitrogen and oxygen atoms in total. The molecule has 0 fully saturated rings. The minimum absolute atomic E-state index is 0.00894. The Kier molecular flexibility index (Phi) is 5.12. The first kappa shape index (κ1) is 16.0. The summed E-state index contributed by atoms with van der Waals surface area (Å²) in [6.07, 6.45) is 0. The van der Waals surface area contributed by atoms with Crippen molar-refractivity contribution in [2.24, 2.45) is 0 Å². The molecular weight excluding hydrogens is 280 g/mol. The molecule has 0 heterocycles. The first-order valence-electron chi connectivity index (χ1n) is 7.13. The molecule has 2 rings (SSSR count). The van der Waals surface area contributed by atoms with Crippen molar-refractivity contribution in [1.29, 1.82) is 0 Å². The summed E-state index contributed by atoms with van der Waals surface area (Å²) >= 11 is 0. The monoisotopic (exact) mass is 300 g/mol. The average molecular weight is 300 g/mol. The van der Waals surface area contributed by atoms with Gasteiger partial charge in [0.05, 0.1) is 12.0 Å². The number of aryl methyl sites for hydroxylation is 1. The van der Waals surface area contributed by atoms with E-state index in [4.69, 9.17) is 4.74 Å². The second-order valence-electron chi connectivity index (χ2n) is 5.22. The molecular formula is C17H20N2O3. The van der Waals surface area contributed by atoms with E-state index in [9.17, 15) is 10.1 Å². The van der Waals surface area contributed by atoms with Crippen LogP contribution in [0.25, 0.3) is 0 Å². The smallest absolute Gasteiger partial charge is 0.311 e. The number of nitro benzene ring substituents is 1. The van der Waals surface area contributed by atoms with Gasteiger partial charge in [0, 0.05) is 18.7 Å². The Labute approximate surface area is 130 Å². The van der Waals surface area contributed by atoms with Crippen LogP contribution in [-0.2, 0) is 6.54 Å². The highest BCUT2D eigenvalue weighted by Crippen LogP contribution is 2.27. The van der Waals surface area contributed by atoms with Crippen LogP contribution in [0.5, 0.6) is 5.75 Å². The van der Waals surface area contributed by atoms with Crippen molar-refractivity contribution in [2.75, 3.05) is 7.11 Å². The van der Waals surface area contributed by atoms with E-state index in [2.05, 4.69) is 31.3 Å². The number of ether oxygens (including phenoxy) is 1. The lowest BCUT2D eigenvalue weighted by atomic mass is 10.0. The van der Waals surface area contributed by atoms with Gasteiger partial charge < -0.3 is 10.1 Å². The van der Waals surface area contributed by atoms with E-state index < -0.39 is 4.92 Å². The van der Waals surface area contributed by atoms with E-state index in [0.29, 0.717) is 6.54 Å². The molecule has 0 spiro atoms. The third kappa shape index (κ3) is 3.62. The molecule has 0 amide bonds. The van der Waals surface area contributed by atoms with Gasteiger partial charge in [0.2, 0.25) is 0 Å². The van der Waals surface area contributed by atoms with Crippen molar-refractivity contribution in [1.82, 2.24) is 5.32 Å². The fourth-order valence-electron chi connectivity index (χ4n) is 2.44. The van der Waals surface area contributed by atoms with E-state index in [1.54, 1.807) is 12.1 Å². The van der Waals surface area contributed by atoms with Crippen LogP contribution in [0.1, 0.15) is 29.7 Å². The zero-order chi connectivity index (χ0) is 16.1. The predicted molar refractivity (Wildman–Crippen MR) is 86.1 cm³/mol. The molecule has 116 valence electrons. The van der Waals surface area contributed by atoms with Crippen LogP contribution in [0.4, 0.5) is 5.69 Å². The standard InChI is InChI=1S/C17H20N2O3/c1-12-6-4-5-7-15(12)13(2)18-11-14-8-9-17(22-3)16(10-14)19(20)21/h4-10,13,18H,11H2,1-3H3. The van der Waals surface area contributed by atoms with Gasteiger partial charge in [-0.2, -0.15) is 0 Å². The third-order valence-electron chi connectivity index (χ3n) is 3.71. The zero-order valence-corrected chi connectivity index (χ0v) is 13.0. The molecule has 1 unspecified atom stereocenters. The molecule has 0 radical (unpaired) electrons. The lowest BCUT2D eigenvalue weighted by Crippen LogP contribution is -2.19. The maximum atomic E-state index is 11.0. The second kappa shape index (κ2) is 7.04. The SMILES string of the molecule is COc1ccc(CNC(C)c2ccccc2C)cc1[N+](=O)[O-]. The molecule has 0 saturated carbocycles. The molecule has 2 aromatic rings. The van der Waals surface area contributed by atoms with Crippen molar-refractivity contribution in [3.8, 4) is 5.75 Å². The number of nitrogens with zero attached hydrogens (tertiary/aromatic N) is 1. The Morgan fingerprint density at radius 3 is 2.64 bits per heavy atom. The summed E-state index contributed by atoms with van der Waals surface area (Å²) in [7, 11) is 1.43. The highest BCUT2D eigenvalue weighted by molar-refractivity contribution is 5.48. The van der Waals surface area contributed by atoms with Crippen molar-refractivity contribution >= 4 is 5.69 Å². The van der Waals surface area contributed by atoms with Crippen molar-refractivity contribution in [3.63, 3.8) is 0 Å². The van der Waals surface area contributed by atoms with Crippen LogP contribution in [0.2, 0.25) is 0 Å². The number of benzene rings is 2. The van der Waals surface area contributed by atoms with Crippen molar-refractivity contribution in [2.45, 2.75) is 26.4 Å². The van der Waals surface area contributed by atoms with Crippen molar-refractivity contribution in [3.05, 3.63) is 69.3 Å². The largest absolute Gasteiger partial charge is 0.490 e. The van der Waals surface area contributed by atoms with Gasteiger partial charge in [-0.1, -0.05) is 30.3 Å². The van der Waals surface area contributed by atoms with Crippen LogP contribution in [0.15, 0.2) is 42.5 Å². The van der Waals surface area contributed by atoms with Gasteiger partial charge >= 0.3 is 5.69 Å². The van der Waals surface area contributed by atoms with Gasteiger partial charge in [0.1, 0.15) is 0 Å². The number of methoxy groups -OCH3 is 1. The van der Waals surface area contributed by atoms with Crippen LogP contribution in [0.3, 0.4) is 0 Å². The average Bonchev–Trinajstić information content (AvgIpc) is 2.52. The van der Waals surface area contributed by atoms with Gasteiger partial charge in [-0.05, 0) is 36.6 Å². The van der Waals surface area contributed by atoms with Gasteiger partial charge in [-0.3, -0.25) is 10.1 Å². The molecule has 0 bridgehead atoms. The topological polar surface area (TPSA) is 64.4 Å². The van der Waals surface area contributed by atoms with E-state index in [0.717, 1.165) is 5.56 Å². The summed E-state index contributed by atoms with van der Waals surface area (Å²) in [5.74, 6) is 0.278. The Morgan fingerprint density at radius 2 is 2.00 bits per heavy atom. The van der Waals surface area contributed by atoms with Crippen LogP contribution in [-0.4, -0.2) is 12.0 Å². The van der Waals surface area contributed by atoms with E-state index in [-0.39, 0.29) is 17.5 Å². The lowest BCUT2D eigenvalue weighted by molar-refractivity contribution is -0.385. The van der Waals surface area contributed by atoms with Crippen LogP contribution in [0, 0.1) is 17.0 Å². The van der Waals surface area contributed by atoms with Gasteiger partial charge in [0.15, 0.2) is 5.75 Å². The van der Waals surface area contributed by atoms with Gasteiger partial charge in [-0.15, -0.1) is 0 Å². The first-order valence-corrected chi connectivity index (χ1v) is 7.13. The number of rotatable bonds is 6. The fraction of sp³-hybridized carbons (Fsp3) is 0.294. The fourth-order valence-corrected chi connectivity index (χ4v) is 2.44. The Hall–Kier alpha value is -2.40. The molecule has 0 aromatic heterocycles. The van der Waals surface area contributed by atoms with Gasteiger partial charge in [0.25, 0.3) is 0 Å². The Balaban J connectivity index is 2.10. The Morgan fingerprint density at radius 1 is 1.27 bits per heavy atom. The van der Waals surface area contributed by atoms with E-state index >= 15 is 0 Å². The minimum Gasteiger partial charge on any atom is -0.490 e. The highest BCUT2D eigenvalue weighted by Gasteiger charge is 2.15. The molecule has 2 aromatic carbocycles. The first-order chi connectivity index (χ1) is 10.5. The molecule has 22 heavy (non-hydrogen) atoms. The van der Waals surface area contributed by atoms with Crippen LogP contribution >= 0.6 is 0 Å². The maximum absolute atomic E-state index is 11.0. The minimum atomic E-state index is -0.424. The van der Waals surface area contributed by atoms with Crippen molar-refractivity contribution < 1.29 is 9.66 Å². The number of nitrogens with one attached hydrogen (secondary N) is 1. The summed E-state index contributed by atoms with van der Waals surface area (Å²) in [5, 5.41) is 14.4. The maximum Gasteiger partial charge on any atom is 0.311 e. The normalized spacial score (nSPS) is 12.0. The zero-order valence-electron chi connectivity index (χ0n) is 13.0. The highest BCUT2D eigenvalue weighted by atomic mass is 16.6. The molecule has 5 heteroatoms. The summed E-state index contributed by atoms with van der Waals surface area (Å²) in [5.41, 5.74) is 3.30. The third-order valence-corrected chi connectivity index (χ3v) is 3.71. The van der Waals surface area contributed by atoms with Crippen LogP contribution < -0.4 is 10.1 Å². The molecule has 1 atom stereocenters. The summed E-state index contributed by atoms with van der Waals surface area (Å²) < 4.78 is 5.01. The summed E-state index contributed by atoms with van der Waals surface area (Å²) in [4.78, 5) is 10.6. The predicted octanol–water partition coefficient (Wildman–Crippen LogP) is 3.76.